The van der Waals surface area contributed by atoms with Gasteiger partial charge in [0.05, 0.1) is 24.4 Å². The van der Waals surface area contributed by atoms with Crippen LogP contribution in [0.3, 0.4) is 0 Å². The average Bonchev–Trinajstić information content (AvgIpc) is 2.67. The van der Waals surface area contributed by atoms with Gasteiger partial charge >= 0.3 is 0 Å². The molecule has 0 saturated carbocycles. The maximum absolute atomic E-state index is 12.6. The molecule has 0 aliphatic carbocycles. The first-order valence-corrected chi connectivity index (χ1v) is 7.60. The molecular formula is C17H17N5O2. The predicted molar refractivity (Wildman–Crippen MR) is 87.9 cm³/mol. The molecule has 0 radical (unpaired) electrons. The molecule has 0 N–H and O–H groups in total. The minimum Gasteiger partial charge on any atom is -0.495 e. The number of carbonyl (C=O) groups excluding carboxylic acids is 1. The van der Waals surface area contributed by atoms with Crippen LogP contribution in [0.4, 0.5) is 5.82 Å². The number of anilines is 1. The molecule has 122 valence electrons. The van der Waals surface area contributed by atoms with Crippen LogP contribution in [0.2, 0.25) is 0 Å². The second-order valence-corrected chi connectivity index (χ2v) is 5.41. The maximum Gasteiger partial charge on any atom is 0.255 e. The molecule has 1 fully saturated rings. The lowest BCUT2D eigenvalue weighted by molar-refractivity contribution is 0.0745. The highest BCUT2D eigenvalue weighted by Gasteiger charge is 2.23. The van der Waals surface area contributed by atoms with Crippen molar-refractivity contribution in [3.63, 3.8) is 0 Å². The van der Waals surface area contributed by atoms with Gasteiger partial charge in [0.25, 0.3) is 5.91 Å². The summed E-state index contributed by atoms with van der Waals surface area (Å²) in [6.07, 6.45) is 4.69. The fourth-order valence-corrected chi connectivity index (χ4v) is 2.61. The second kappa shape index (κ2) is 6.96. The standard InChI is InChI=1S/C17H17N5O2/c1-24-15-8-14(11-19-12-15)17(23)22-6-4-21(5-7-22)16-3-2-13(9-18)10-20-16/h2-3,8,10-12H,4-7H2,1H3. The maximum atomic E-state index is 12.6. The minimum absolute atomic E-state index is 0.0474. The largest absolute Gasteiger partial charge is 0.495 e. The van der Waals surface area contributed by atoms with Crippen LogP contribution in [-0.4, -0.2) is 54.1 Å². The normalized spacial score (nSPS) is 14.2. The first-order chi connectivity index (χ1) is 11.7. The Labute approximate surface area is 140 Å². The number of pyridine rings is 2. The van der Waals surface area contributed by atoms with Gasteiger partial charge < -0.3 is 14.5 Å². The summed E-state index contributed by atoms with van der Waals surface area (Å²) >= 11 is 0. The van der Waals surface area contributed by atoms with Crippen LogP contribution >= 0.6 is 0 Å². The number of piperazine rings is 1. The van der Waals surface area contributed by atoms with Gasteiger partial charge in [-0.3, -0.25) is 9.78 Å². The second-order valence-electron chi connectivity index (χ2n) is 5.41. The molecule has 1 aliphatic heterocycles. The Bertz CT molecular complexity index is 761. The van der Waals surface area contributed by atoms with Gasteiger partial charge in [-0.2, -0.15) is 5.26 Å². The number of hydrogen-bond acceptors (Lipinski definition) is 6. The summed E-state index contributed by atoms with van der Waals surface area (Å²) in [6.45, 7) is 2.61. The number of hydrogen-bond donors (Lipinski definition) is 0. The summed E-state index contributed by atoms with van der Waals surface area (Å²) in [4.78, 5) is 24.8. The average molecular weight is 323 g/mol. The van der Waals surface area contributed by atoms with E-state index in [0.717, 1.165) is 5.82 Å². The third-order valence-electron chi connectivity index (χ3n) is 3.96. The van der Waals surface area contributed by atoms with E-state index in [4.69, 9.17) is 10.00 Å². The van der Waals surface area contributed by atoms with Crippen molar-refractivity contribution in [2.45, 2.75) is 0 Å². The quantitative estimate of drug-likeness (QED) is 0.847. The topological polar surface area (TPSA) is 82.4 Å². The Morgan fingerprint density at radius 1 is 1.21 bits per heavy atom. The third-order valence-corrected chi connectivity index (χ3v) is 3.96. The van der Waals surface area contributed by atoms with Crippen molar-refractivity contribution in [2.24, 2.45) is 0 Å². The highest BCUT2D eigenvalue weighted by molar-refractivity contribution is 5.94. The summed E-state index contributed by atoms with van der Waals surface area (Å²) in [7, 11) is 1.55. The number of rotatable bonds is 3. The van der Waals surface area contributed by atoms with Gasteiger partial charge in [-0.15, -0.1) is 0 Å². The number of amides is 1. The van der Waals surface area contributed by atoms with Crippen LogP contribution in [0.15, 0.2) is 36.8 Å². The minimum atomic E-state index is -0.0474. The molecule has 0 unspecified atom stereocenters. The van der Waals surface area contributed by atoms with Crippen LogP contribution in [0.5, 0.6) is 5.75 Å². The summed E-state index contributed by atoms with van der Waals surface area (Å²) in [5, 5.41) is 8.82. The number of methoxy groups -OCH3 is 1. The molecule has 0 bridgehead atoms. The van der Waals surface area contributed by atoms with Crippen LogP contribution in [0, 0.1) is 11.3 Å². The molecule has 24 heavy (non-hydrogen) atoms. The van der Waals surface area contributed by atoms with Crippen LogP contribution in [0.1, 0.15) is 15.9 Å². The molecule has 2 aromatic heterocycles. The van der Waals surface area contributed by atoms with Crippen molar-refractivity contribution < 1.29 is 9.53 Å². The molecule has 0 spiro atoms. The molecule has 1 amide bonds. The number of nitrogens with zero attached hydrogens (tertiary/aromatic N) is 5. The Hall–Kier alpha value is -3.14. The van der Waals surface area contributed by atoms with Gasteiger partial charge in [0.1, 0.15) is 17.6 Å². The van der Waals surface area contributed by atoms with E-state index in [0.29, 0.717) is 43.1 Å². The SMILES string of the molecule is COc1cncc(C(=O)N2CCN(c3ccc(C#N)cn3)CC2)c1. The molecule has 3 rings (SSSR count). The van der Waals surface area contributed by atoms with E-state index in [1.54, 1.807) is 42.7 Å². The van der Waals surface area contributed by atoms with Crippen molar-refractivity contribution in [2.75, 3.05) is 38.2 Å². The lowest BCUT2D eigenvalue weighted by atomic mass is 10.2. The predicted octanol–water partition coefficient (Wildman–Crippen LogP) is 1.32. The van der Waals surface area contributed by atoms with Crippen LogP contribution in [0.25, 0.3) is 0 Å². The van der Waals surface area contributed by atoms with Crippen LogP contribution < -0.4 is 9.64 Å². The smallest absolute Gasteiger partial charge is 0.255 e. The molecule has 1 aliphatic rings. The fraction of sp³-hybridized carbons (Fsp3) is 0.294. The van der Waals surface area contributed by atoms with Gasteiger partial charge in [-0.1, -0.05) is 0 Å². The van der Waals surface area contributed by atoms with Crippen molar-refractivity contribution in [1.82, 2.24) is 14.9 Å². The summed E-state index contributed by atoms with van der Waals surface area (Å²) in [5.41, 5.74) is 1.07. The fourth-order valence-electron chi connectivity index (χ4n) is 2.61. The van der Waals surface area contributed by atoms with E-state index in [1.807, 2.05) is 6.07 Å². The summed E-state index contributed by atoms with van der Waals surface area (Å²) in [6, 6.07) is 7.34. The van der Waals surface area contributed by atoms with Gasteiger partial charge in [0, 0.05) is 38.6 Å². The third kappa shape index (κ3) is 3.27. The highest BCUT2D eigenvalue weighted by atomic mass is 16.5. The van der Waals surface area contributed by atoms with E-state index in [9.17, 15) is 4.79 Å². The first-order valence-electron chi connectivity index (χ1n) is 7.60. The number of ether oxygens (including phenoxy) is 1. The van der Waals surface area contributed by atoms with Gasteiger partial charge in [0.2, 0.25) is 0 Å². The zero-order chi connectivity index (χ0) is 16.9. The molecule has 7 heteroatoms. The molecule has 2 aromatic rings. The Kier molecular flexibility index (Phi) is 4.57. The molecule has 3 heterocycles. The van der Waals surface area contributed by atoms with Crippen molar-refractivity contribution in [1.29, 1.82) is 5.26 Å². The Balaban J connectivity index is 1.63. The number of nitriles is 1. The van der Waals surface area contributed by atoms with Crippen LogP contribution in [-0.2, 0) is 0 Å². The van der Waals surface area contributed by atoms with Gasteiger partial charge in [-0.25, -0.2) is 4.98 Å². The van der Waals surface area contributed by atoms with E-state index >= 15 is 0 Å². The Morgan fingerprint density at radius 3 is 2.62 bits per heavy atom. The van der Waals surface area contributed by atoms with Gasteiger partial charge in [0.15, 0.2) is 0 Å². The summed E-state index contributed by atoms with van der Waals surface area (Å²) in [5.74, 6) is 1.35. The number of carbonyl (C=O) groups is 1. The zero-order valence-corrected chi connectivity index (χ0v) is 13.3. The Morgan fingerprint density at radius 2 is 2.00 bits per heavy atom. The lowest BCUT2D eigenvalue weighted by Crippen LogP contribution is -2.49. The molecule has 0 aromatic carbocycles. The van der Waals surface area contributed by atoms with Crippen molar-refractivity contribution >= 4 is 11.7 Å². The van der Waals surface area contributed by atoms with E-state index in [-0.39, 0.29) is 5.91 Å². The van der Waals surface area contributed by atoms with E-state index in [1.165, 1.54) is 0 Å². The first kappa shape index (κ1) is 15.7. The molecule has 7 nitrogen and oxygen atoms in total. The van der Waals surface area contributed by atoms with Crippen molar-refractivity contribution in [3.05, 3.63) is 47.9 Å². The van der Waals surface area contributed by atoms with Gasteiger partial charge in [-0.05, 0) is 18.2 Å². The van der Waals surface area contributed by atoms with E-state index < -0.39 is 0 Å². The lowest BCUT2D eigenvalue weighted by Gasteiger charge is -2.35. The monoisotopic (exact) mass is 323 g/mol. The zero-order valence-electron chi connectivity index (χ0n) is 13.3. The van der Waals surface area contributed by atoms with E-state index in [2.05, 4.69) is 20.9 Å². The molecular weight excluding hydrogens is 306 g/mol. The van der Waals surface area contributed by atoms with Crippen molar-refractivity contribution in [3.8, 4) is 11.8 Å². The number of aromatic nitrogens is 2. The molecule has 1 saturated heterocycles. The highest BCUT2D eigenvalue weighted by Crippen LogP contribution is 2.17. The molecule has 0 atom stereocenters. The summed E-state index contributed by atoms with van der Waals surface area (Å²) < 4.78 is 5.11.